The highest BCUT2D eigenvalue weighted by Crippen LogP contribution is 2.89. The van der Waals surface area contributed by atoms with E-state index in [2.05, 4.69) is 41.5 Å². The van der Waals surface area contributed by atoms with Gasteiger partial charge in [-0.15, -0.1) is 0 Å². The maximum atomic E-state index is 11.7. The minimum absolute atomic E-state index is 0.0528. The molecule has 2 spiro atoms. The van der Waals surface area contributed by atoms with Crippen LogP contribution in [-0.2, 0) is 9.47 Å². The van der Waals surface area contributed by atoms with E-state index in [1.807, 2.05) is 0 Å². The van der Waals surface area contributed by atoms with Crippen molar-refractivity contribution in [2.75, 3.05) is 6.61 Å². The first-order valence-corrected chi connectivity index (χ1v) is 14.1. The fourth-order valence-corrected chi connectivity index (χ4v) is 11.8. The molecule has 6 fully saturated rings. The maximum absolute atomic E-state index is 11.7. The summed E-state index contributed by atoms with van der Waals surface area (Å²) in [5.74, 6) is 2.04. The van der Waals surface area contributed by atoms with Gasteiger partial charge in [0.2, 0.25) is 0 Å². The summed E-state index contributed by atoms with van der Waals surface area (Å²) in [5.41, 5.74) is 0.868. The SMILES string of the molecule is CCO[C@H]1CC[C@@H](C)[C@H]2[C@H](C[C@@]3(C)[C@@H]4C[C@H](O)[C@@H]5C(C)(C)[C@@H](O)CC[C@@]56C[C@@]46CC[C@]23C)O1. The molecule has 1 saturated heterocycles. The van der Waals surface area contributed by atoms with Crippen LogP contribution in [0.5, 0.6) is 0 Å². The fourth-order valence-electron chi connectivity index (χ4n) is 11.8. The number of aliphatic hydroxyl groups excluding tert-OH is 2. The van der Waals surface area contributed by atoms with Crippen LogP contribution in [0, 0.1) is 50.7 Å². The Kier molecular flexibility index (Phi) is 4.92. The molecule has 0 aromatic rings. The second-order valence-corrected chi connectivity index (χ2v) is 14.4. The smallest absolute Gasteiger partial charge is 0.157 e. The average Bonchev–Trinajstić information content (AvgIpc) is 3.36. The van der Waals surface area contributed by atoms with E-state index in [4.69, 9.17) is 9.47 Å². The van der Waals surface area contributed by atoms with Gasteiger partial charge in [0, 0.05) is 6.61 Å². The number of fused-ring (bicyclic) bond motifs is 4. The summed E-state index contributed by atoms with van der Waals surface area (Å²) in [6, 6.07) is 0. The van der Waals surface area contributed by atoms with E-state index in [0.717, 1.165) is 32.1 Å². The van der Waals surface area contributed by atoms with Crippen molar-refractivity contribution >= 4 is 0 Å². The Labute approximate surface area is 201 Å². The van der Waals surface area contributed by atoms with Crippen LogP contribution in [0.15, 0.2) is 0 Å². The molecule has 12 atom stereocenters. The molecule has 5 aliphatic carbocycles. The number of hydrogen-bond acceptors (Lipinski definition) is 4. The Hall–Kier alpha value is -0.160. The first-order chi connectivity index (χ1) is 15.5. The third-order valence-electron chi connectivity index (χ3n) is 13.2. The Bertz CT molecular complexity index is 811. The van der Waals surface area contributed by atoms with E-state index in [-0.39, 0.29) is 52.2 Å². The number of rotatable bonds is 2. The topological polar surface area (TPSA) is 58.9 Å². The molecule has 4 nitrogen and oxygen atoms in total. The molecule has 0 radical (unpaired) electrons. The molecule has 1 heterocycles. The predicted molar refractivity (Wildman–Crippen MR) is 128 cm³/mol. The molecule has 4 heteroatoms. The van der Waals surface area contributed by atoms with Crippen molar-refractivity contribution in [3.8, 4) is 0 Å². The summed E-state index contributed by atoms with van der Waals surface area (Å²) in [5, 5.41) is 22.6. The van der Waals surface area contributed by atoms with Gasteiger partial charge in [0.25, 0.3) is 0 Å². The van der Waals surface area contributed by atoms with E-state index in [1.165, 1.54) is 25.7 Å². The molecule has 5 saturated carbocycles. The predicted octanol–water partition coefficient (Wildman–Crippen LogP) is 5.54. The molecule has 6 rings (SSSR count). The lowest BCUT2D eigenvalue weighted by Crippen LogP contribution is -2.61. The molecular weight excluding hydrogens is 412 g/mol. The van der Waals surface area contributed by atoms with Crippen molar-refractivity contribution in [1.82, 2.24) is 0 Å². The van der Waals surface area contributed by atoms with Crippen molar-refractivity contribution in [2.45, 2.75) is 124 Å². The lowest BCUT2D eigenvalue weighted by atomic mass is 9.41. The zero-order valence-electron chi connectivity index (χ0n) is 21.9. The molecule has 33 heavy (non-hydrogen) atoms. The molecular formula is C29H48O4. The highest BCUT2D eigenvalue weighted by molar-refractivity contribution is 5.32. The maximum Gasteiger partial charge on any atom is 0.157 e. The summed E-state index contributed by atoms with van der Waals surface area (Å²) in [6.45, 7) is 14.9. The summed E-state index contributed by atoms with van der Waals surface area (Å²) in [7, 11) is 0. The Morgan fingerprint density at radius 3 is 2.42 bits per heavy atom. The number of hydrogen-bond donors (Lipinski definition) is 2. The van der Waals surface area contributed by atoms with Gasteiger partial charge in [-0.2, -0.15) is 0 Å². The van der Waals surface area contributed by atoms with Gasteiger partial charge in [0.1, 0.15) is 0 Å². The van der Waals surface area contributed by atoms with E-state index in [1.54, 1.807) is 0 Å². The molecule has 0 aromatic carbocycles. The van der Waals surface area contributed by atoms with Crippen molar-refractivity contribution < 1.29 is 19.7 Å². The Morgan fingerprint density at radius 1 is 0.939 bits per heavy atom. The second kappa shape index (κ2) is 6.99. The van der Waals surface area contributed by atoms with Crippen LogP contribution >= 0.6 is 0 Å². The van der Waals surface area contributed by atoms with E-state index in [9.17, 15) is 10.2 Å². The third-order valence-corrected chi connectivity index (χ3v) is 13.2. The zero-order chi connectivity index (χ0) is 23.6. The van der Waals surface area contributed by atoms with Crippen LogP contribution < -0.4 is 0 Å². The van der Waals surface area contributed by atoms with Gasteiger partial charge in [-0.05, 0) is 115 Å². The number of aliphatic hydroxyl groups is 2. The Morgan fingerprint density at radius 2 is 1.70 bits per heavy atom. The Balaban J connectivity index is 1.38. The minimum Gasteiger partial charge on any atom is -0.393 e. The molecule has 0 unspecified atom stereocenters. The average molecular weight is 461 g/mol. The highest BCUT2D eigenvalue weighted by Gasteiger charge is 2.84. The molecule has 0 amide bonds. The molecule has 1 aliphatic heterocycles. The highest BCUT2D eigenvalue weighted by atomic mass is 16.7. The monoisotopic (exact) mass is 460 g/mol. The van der Waals surface area contributed by atoms with E-state index >= 15 is 0 Å². The van der Waals surface area contributed by atoms with Gasteiger partial charge < -0.3 is 19.7 Å². The van der Waals surface area contributed by atoms with Crippen LogP contribution in [0.25, 0.3) is 0 Å². The van der Waals surface area contributed by atoms with Gasteiger partial charge in [-0.3, -0.25) is 0 Å². The van der Waals surface area contributed by atoms with Gasteiger partial charge in [0.15, 0.2) is 6.29 Å². The van der Waals surface area contributed by atoms with Crippen LogP contribution in [0.3, 0.4) is 0 Å². The number of ether oxygens (including phenoxy) is 2. The van der Waals surface area contributed by atoms with Gasteiger partial charge in [-0.25, -0.2) is 0 Å². The van der Waals surface area contributed by atoms with Gasteiger partial charge >= 0.3 is 0 Å². The molecule has 2 N–H and O–H groups in total. The van der Waals surface area contributed by atoms with Crippen LogP contribution in [0.1, 0.15) is 99.3 Å². The van der Waals surface area contributed by atoms with Crippen LogP contribution in [0.2, 0.25) is 0 Å². The molecule has 6 aliphatic rings. The van der Waals surface area contributed by atoms with Crippen molar-refractivity contribution in [3.05, 3.63) is 0 Å². The van der Waals surface area contributed by atoms with Crippen LogP contribution in [0.4, 0.5) is 0 Å². The van der Waals surface area contributed by atoms with Crippen molar-refractivity contribution in [3.63, 3.8) is 0 Å². The lowest BCUT2D eigenvalue weighted by Gasteiger charge is -2.64. The van der Waals surface area contributed by atoms with Gasteiger partial charge in [0.05, 0.1) is 18.3 Å². The van der Waals surface area contributed by atoms with Crippen LogP contribution in [-0.4, -0.2) is 41.4 Å². The normalized spacial score (nSPS) is 61.1. The lowest BCUT2D eigenvalue weighted by molar-refractivity contribution is -0.198. The fraction of sp³-hybridized carbons (Fsp3) is 1.00. The first-order valence-electron chi connectivity index (χ1n) is 14.1. The molecule has 0 bridgehead atoms. The standard InChI is InChI=1S/C29H48O4/c1-7-32-22-9-8-17(2)23-19(33-22)15-27(6)20-14-18(30)24-25(3,4)21(31)10-11-29(24)16-28(20,29)13-12-26(23,27)5/h17-24,30-31H,7-16H2,1-6H3/t17-,18+,19+,20+,21+,22-,23+,24-,26-,27+,28+,29-/m1/s1. The summed E-state index contributed by atoms with van der Waals surface area (Å²) in [6.07, 6.45) is 9.77. The second-order valence-electron chi connectivity index (χ2n) is 14.4. The van der Waals surface area contributed by atoms with Gasteiger partial charge in [-0.1, -0.05) is 34.6 Å². The first kappa shape index (κ1) is 23.3. The summed E-state index contributed by atoms with van der Waals surface area (Å²) < 4.78 is 12.8. The zero-order valence-corrected chi connectivity index (χ0v) is 21.9. The minimum atomic E-state index is -0.297. The van der Waals surface area contributed by atoms with E-state index in [0.29, 0.717) is 29.8 Å². The summed E-state index contributed by atoms with van der Waals surface area (Å²) >= 11 is 0. The van der Waals surface area contributed by atoms with Crippen molar-refractivity contribution in [1.29, 1.82) is 0 Å². The van der Waals surface area contributed by atoms with E-state index < -0.39 is 0 Å². The largest absolute Gasteiger partial charge is 0.393 e. The summed E-state index contributed by atoms with van der Waals surface area (Å²) in [4.78, 5) is 0. The molecule has 0 aromatic heterocycles. The third kappa shape index (κ3) is 2.63. The van der Waals surface area contributed by atoms with Crippen molar-refractivity contribution in [2.24, 2.45) is 50.7 Å². The molecule has 188 valence electrons. The quantitative estimate of drug-likeness (QED) is 0.568.